The summed E-state index contributed by atoms with van der Waals surface area (Å²) in [5, 5.41) is 3.76. The van der Waals surface area contributed by atoms with Crippen LogP contribution in [0.2, 0.25) is 0 Å². The highest BCUT2D eigenvalue weighted by atomic mass is 16.6. The maximum Gasteiger partial charge on any atom is 0.542 e. The van der Waals surface area contributed by atoms with Gasteiger partial charge in [0, 0.05) is 6.42 Å². The smallest absolute Gasteiger partial charge is 0.375 e. The predicted molar refractivity (Wildman–Crippen MR) is 117 cm³/mol. The maximum atomic E-state index is 11.1. The molecule has 0 radical (unpaired) electrons. The van der Waals surface area contributed by atoms with Gasteiger partial charge in [0.15, 0.2) is 0 Å². The standard InChI is InChI=1S/C26H41NO3/c1-16-11-13-25(3)18(15-16)6-7-19-21-9-8-20(26(21,4)14-12-22(19)25)17(2)5-10-23-27-30-24(28)29-23/h16-22H,5-15H2,1-4H3/t16-,17-,18?,19+,20-,21+,22+,25+,26-/m1/s1. The molecule has 4 nitrogen and oxygen atoms in total. The van der Waals surface area contributed by atoms with Crippen LogP contribution in [0.15, 0.2) is 13.7 Å². The number of aromatic nitrogens is 1. The van der Waals surface area contributed by atoms with Crippen molar-refractivity contribution in [2.45, 2.75) is 98.3 Å². The van der Waals surface area contributed by atoms with Crippen molar-refractivity contribution < 1.29 is 8.94 Å². The molecule has 168 valence electrons. The van der Waals surface area contributed by atoms with Gasteiger partial charge < -0.3 is 4.42 Å². The van der Waals surface area contributed by atoms with Crippen LogP contribution >= 0.6 is 0 Å². The van der Waals surface area contributed by atoms with Crippen LogP contribution in [0.4, 0.5) is 0 Å². The van der Waals surface area contributed by atoms with E-state index in [4.69, 9.17) is 4.42 Å². The molecule has 0 saturated heterocycles. The normalized spacial score (nSPS) is 46.7. The molecule has 1 aromatic heterocycles. The van der Waals surface area contributed by atoms with Crippen molar-refractivity contribution in [1.29, 1.82) is 0 Å². The lowest BCUT2D eigenvalue weighted by atomic mass is 9.44. The lowest BCUT2D eigenvalue weighted by molar-refractivity contribution is -0.120. The average Bonchev–Trinajstić information content (AvgIpc) is 3.29. The Kier molecular flexibility index (Phi) is 5.22. The third-order valence-corrected chi connectivity index (χ3v) is 10.9. The summed E-state index contributed by atoms with van der Waals surface area (Å²) in [6.45, 7) is 10.2. The van der Waals surface area contributed by atoms with E-state index in [1.165, 1.54) is 57.8 Å². The van der Waals surface area contributed by atoms with Crippen LogP contribution in [0.25, 0.3) is 0 Å². The van der Waals surface area contributed by atoms with E-state index in [2.05, 4.69) is 37.4 Å². The van der Waals surface area contributed by atoms with E-state index >= 15 is 0 Å². The molecule has 5 rings (SSSR count). The summed E-state index contributed by atoms with van der Waals surface area (Å²) in [4.78, 5) is 11.1. The fraction of sp³-hybridized carbons (Fsp3) is 0.923. The van der Waals surface area contributed by atoms with Crippen molar-refractivity contribution in [3.63, 3.8) is 0 Å². The molecule has 4 aliphatic rings. The molecule has 4 heteroatoms. The number of hydrogen-bond donors (Lipinski definition) is 0. The molecule has 0 aliphatic heterocycles. The van der Waals surface area contributed by atoms with E-state index < -0.39 is 5.82 Å². The molecular formula is C26H41NO3. The van der Waals surface area contributed by atoms with Gasteiger partial charge >= 0.3 is 5.82 Å². The molecule has 1 unspecified atom stereocenters. The Hall–Kier alpha value is -1.06. The Bertz CT molecular complexity index is 813. The van der Waals surface area contributed by atoms with Crippen LogP contribution in [0.1, 0.15) is 97.8 Å². The van der Waals surface area contributed by atoms with Gasteiger partial charge in [-0.2, -0.15) is 0 Å². The van der Waals surface area contributed by atoms with Gasteiger partial charge in [-0.1, -0.05) is 34.1 Å². The summed E-state index contributed by atoms with van der Waals surface area (Å²) >= 11 is 0. The van der Waals surface area contributed by atoms with Gasteiger partial charge in [-0.3, -0.25) is 4.52 Å². The van der Waals surface area contributed by atoms with Crippen LogP contribution in [-0.4, -0.2) is 5.16 Å². The molecule has 4 fully saturated rings. The number of nitrogens with zero attached hydrogens (tertiary/aromatic N) is 1. The van der Waals surface area contributed by atoms with Crippen LogP contribution in [0, 0.1) is 52.3 Å². The third-order valence-electron chi connectivity index (χ3n) is 10.9. The van der Waals surface area contributed by atoms with Gasteiger partial charge in [-0.25, -0.2) is 4.79 Å². The van der Waals surface area contributed by atoms with Gasteiger partial charge in [0.1, 0.15) is 0 Å². The summed E-state index contributed by atoms with van der Waals surface area (Å²) in [5.41, 5.74) is 1.11. The fourth-order valence-corrected chi connectivity index (χ4v) is 9.32. The van der Waals surface area contributed by atoms with E-state index in [9.17, 15) is 4.79 Å². The highest BCUT2D eigenvalue weighted by Gasteiger charge is 2.60. The summed E-state index contributed by atoms with van der Waals surface area (Å²) in [5.74, 6) is 6.01. The summed E-state index contributed by atoms with van der Waals surface area (Å²) < 4.78 is 9.61. The molecule has 4 saturated carbocycles. The van der Waals surface area contributed by atoms with Gasteiger partial charge in [-0.15, -0.1) is 0 Å². The van der Waals surface area contributed by atoms with E-state index in [0.29, 0.717) is 29.1 Å². The zero-order chi connectivity index (χ0) is 21.1. The van der Waals surface area contributed by atoms with E-state index in [1.807, 2.05) is 0 Å². The van der Waals surface area contributed by atoms with Crippen molar-refractivity contribution in [2.75, 3.05) is 0 Å². The first-order chi connectivity index (χ1) is 14.3. The van der Waals surface area contributed by atoms with Gasteiger partial charge in [-0.05, 0) is 115 Å². The highest BCUT2D eigenvalue weighted by Crippen LogP contribution is 2.68. The van der Waals surface area contributed by atoms with Gasteiger partial charge in [0.05, 0.1) is 0 Å². The molecule has 9 atom stereocenters. The second kappa shape index (κ2) is 7.52. The predicted octanol–water partition coefficient (Wildman–Crippen LogP) is 6.49. The zero-order valence-electron chi connectivity index (χ0n) is 19.5. The molecule has 0 bridgehead atoms. The number of rotatable bonds is 4. The summed E-state index contributed by atoms with van der Waals surface area (Å²) in [6.07, 6.45) is 14.8. The molecule has 1 aromatic rings. The second-order valence-corrected chi connectivity index (χ2v) is 12.2. The van der Waals surface area contributed by atoms with Crippen LogP contribution < -0.4 is 5.82 Å². The van der Waals surface area contributed by atoms with E-state index in [0.717, 1.165) is 41.9 Å². The van der Waals surface area contributed by atoms with E-state index in [-0.39, 0.29) is 0 Å². The largest absolute Gasteiger partial charge is 0.542 e. The monoisotopic (exact) mass is 415 g/mol. The second-order valence-electron chi connectivity index (χ2n) is 12.2. The minimum absolute atomic E-state index is 0.466. The first-order valence-electron chi connectivity index (χ1n) is 12.8. The molecule has 4 aliphatic carbocycles. The average molecular weight is 416 g/mol. The Labute approximate surface area is 181 Å². The molecule has 0 aromatic carbocycles. The first kappa shape index (κ1) is 20.8. The van der Waals surface area contributed by atoms with Crippen molar-refractivity contribution >= 4 is 0 Å². The summed E-state index contributed by atoms with van der Waals surface area (Å²) in [7, 11) is 0. The topological polar surface area (TPSA) is 56.2 Å². The highest BCUT2D eigenvalue weighted by molar-refractivity contribution is 5.09. The number of fused-ring (bicyclic) bond motifs is 5. The van der Waals surface area contributed by atoms with Crippen molar-refractivity contribution in [3.8, 4) is 0 Å². The van der Waals surface area contributed by atoms with Gasteiger partial charge in [0.25, 0.3) is 0 Å². The Morgan fingerprint density at radius 2 is 1.80 bits per heavy atom. The lowest BCUT2D eigenvalue weighted by Gasteiger charge is -2.61. The Morgan fingerprint density at radius 3 is 2.57 bits per heavy atom. The van der Waals surface area contributed by atoms with Crippen LogP contribution in [0.5, 0.6) is 0 Å². The minimum Gasteiger partial charge on any atom is -0.375 e. The minimum atomic E-state index is -0.676. The summed E-state index contributed by atoms with van der Waals surface area (Å²) in [6, 6.07) is 0. The molecule has 1 heterocycles. The fourth-order valence-electron chi connectivity index (χ4n) is 9.32. The number of hydrogen-bond acceptors (Lipinski definition) is 4. The van der Waals surface area contributed by atoms with Crippen molar-refractivity contribution in [1.82, 2.24) is 5.16 Å². The molecular weight excluding hydrogens is 374 g/mol. The quantitative estimate of drug-likeness (QED) is 0.564. The maximum absolute atomic E-state index is 11.1. The Morgan fingerprint density at radius 1 is 1.03 bits per heavy atom. The zero-order valence-corrected chi connectivity index (χ0v) is 19.5. The van der Waals surface area contributed by atoms with Gasteiger partial charge in [0.2, 0.25) is 5.89 Å². The number of aryl methyl sites for hydroxylation is 1. The SMILES string of the molecule is C[C@@H]1CC[C@@]2(C)C(CC[C@H]3[C@@H]4CC[C@H]([C@H](C)CCc5noc(=O)o5)[C@@]4(C)CC[C@@H]32)C1. The Balaban J connectivity index is 1.29. The molecule has 0 amide bonds. The third kappa shape index (κ3) is 3.23. The van der Waals surface area contributed by atoms with Crippen LogP contribution in [0.3, 0.4) is 0 Å². The van der Waals surface area contributed by atoms with Crippen molar-refractivity contribution in [3.05, 3.63) is 16.5 Å². The van der Waals surface area contributed by atoms with Crippen LogP contribution in [-0.2, 0) is 6.42 Å². The lowest BCUT2D eigenvalue weighted by Crippen LogP contribution is -2.53. The van der Waals surface area contributed by atoms with E-state index in [1.54, 1.807) is 0 Å². The van der Waals surface area contributed by atoms with Crippen molar-refractivity contribution in [2.24, 2.45) is 52.3 Å². The first-order valence-corrected chi connectivity index (χ1v) is 12.8. The molecule has 0 spiro atoms. The molecule has 0 N–H and O–H groups in total. The molecule has 30 heavy (non-hydrogen) atoms.